The molecular formula is C12H16N2O4S. The van der Waals surface area contributed by atoms with Crippen LogP contribution < -0.4 is 5.73 Å². The molecule has 1 unspecified atom stereocenters. The van der Waals surface area contributed by atoms with Gasteiger partial charge in [-0.3, -0.25) is 14.9 Å². The smallest absolute Gasteiger partial charge is 0.323 e. The van der Waals surface area contributed by atoms with E-state index in [0.717, 1.165) is 0 Å². The Labute approximate surface area is 115 Å². The summed E-state index contributed by atoms with van der Waals surface area (Å²) in [7, 11) is 0. The van der Waals surface area contributed by atoms with E-state index >= 15 is 0 Å². The van der Waals surface area contributed by atoms with Crippen molar-refractivity contribution >= 4 is 23.4 Å². The number of esters is 1. The molecule has 19 heavy (non-hydrogen) atoms. The van der Waals surface area contributed by atoms with E-state index in [1.54, 1.807) is 25.1 Å². The minimum absolute atomic E-state index is 0.0831. The molecule has 6 nitrogen and oxygen atoms in total. The largest absolute Gasteiger partial charge is 0.465 e. The number of benzene rings is 1. The highest BCUT2D eigenvalue weighted by Crippen LogP contribution is 2.22. The highest BCUT2D eigenvalue weighted by Gasteiger charge is 2.16. The zero-order chi connectivity index (χ0) is 14.3. The van der Waals surface area contributed by atoms with Gasteiger partial charge in [0, 0.05) is 23.1 Å². The SMILES string of the molecule is CCOC(=O)C(N)CSCc1ccccc1[N+](=O)[O-]. The van der Waals surface area contributed by atoms with Crippen molar-refractivity contribution < 1.29 is 14.5 Å². The van der Waals surface area contributed by atoms with Gasteiger partial charge in [-0.1, -0.05) is 18.2 Å². The van der Waals surface area contributed by atoms with Gasteiger partial charge in [-0.15, -0.1) is 0 Å². The van der Waals surface area contributed by atoms with E-state index < -0.39 is 16.9 Å². The first-order valence-electron chi connectivity index (χ1n) is 5.78. The Morgan fingerprint density at radius 2 is 2.21 bits per heavy atom. The molecule has 0 amide bonds. The molecule has 0 aliphatic rings. The van der Waals surface area contributed by atoms with Crippen molar-refractivity contribution in [2.24, 2.45) is 5.73 Å². The lowest BCUT2D eigenvalue weighted by Crippen LogP contribution is -2.34. The van der Waals surface area contributed by atoms with Crippen LogP contribution in [0.4, 0.5) is 5.69 Å². The lowest BCUT2D eigenvalue weighted by Gasteiger charge is -2.10. The first kappa shape index (κ1) is 15.5. The summed E-state index contributed by atoms with van der Waals surface area (Å²) >= 11 is 1.37. The van der Waals surface area contributed by atoms with Gasteiger partial charge in [0.2, 0.25) is 0 Å². The van der Waals surface area contributed by atoms with Crippen LogP contribution in [-0.4, -0.2) is 29.3 Å². The van der Waals surface area contributed by atoms with E-state index in [1.165, 1.54) is 17.8 Å². The number of rotatable bonds is 7. The number of ether oxygens (including phenoxy) is 1. The summed E-state index contributed by atoms with van der Waals surface area (Å²) in [6.07, 6.45) is 0. The summed E-state index contributed by atoms with van der Waals surface area (Å²) in [5.74, 6) is 0.354. The first-order chi connectivity index (χ1) is 9.06. The van der Waals surface area contributed by atoms with Crippen molar-refractivity contribution in [1.82, 2.24) is 0 Å². The van der Waals surface area contributed by atoms with Crippen molar-refractivity contribution in [3.05, 3.63) is 39.9 Å². The minimum atomic E-state index is -0.701. The van der Waals surface area contributed by atoms with Crippen LogP contribution in [0.5, 0.6) is 0 Å². The van der Waals surface area contributed by atoms with Gasteiger partial charge in [0.25, 0.3) is 5.69 Å². The molecule has 0 fully saturated rings. The normalized spacial score (nSPS) is 11.9. The topological polar surface area (TPSA) is 95.5 Å². The average Bonchev–Trinajstić information content (AvgIpc) is 2.39. The Morgan fingerprint density at radius 1 is 1.53 bits per heavy atom. The molecule has 1 atom stereocenters. The van der Waals surface area contributed by atoms with Gasteiger partial charge in [-0.2, -0.15) is 11.8 Å². The third kappa shape index (κ3) is 4.88. The van der Waals surface area contributed by atoms with Crippen molar-refractivity contribution in [1.29, 1.82) is 0 Å². The molecule has 0 radical (unpaired) electrons. The van der Waals surface area contributed by atoms with E-state index in [-0.39, 0.29) is 5.69 Å². The highest BCUT2D eigenvalue weighted by molar-refractivity contribution is 7.98. The van der Waals surface area contributed by atoms with E-state index in [2.05, 4.69) is 0 Å². The quantitative estimate of drug-likeness (QED) is 0.465. The number of carbonyl (C=O) groups is 1. The molecular weight excluding hydrogens is 268 g/mol. The lowest BCUT2D eigenvalue weighted by atomic mass is 10.2. The zero-order valence-electron chi connectivity index (χ0n) is 10.6. The number of carbonyl (C=O) groups excluding carboxylic acids is 1. The molecule has 0 bridgehead atoms. The second-order valence-corrected chi connectivity index (χ2v) is 4.79. The van der Waals surface area contributed by atoms with E-state index in [1.807, 2.05) is 0 Å². The second-order valence-electron chi connectivity index (χ2n) is 3.76. The average molecular weight is 284 g/mol. The third-order valence-corrected chi connectivity index (χ3v) is 3.44. The number of nitro groups is 1. The van der Waals surface area contributed by atoms with Gasteiger partial charge in [-0.05, 0) is 6.92 Å². The summed E-state index contributed by atoms with van der Waals surface area (Å²) < 4.78 is 4.78. The van der Waals surface area contributed by atoms with E-state index in [0.29, 0.717) is 23.7 Å². The maximum Gasteiger partial charge on any atom is 0.323 e. The van der Waals surface area contributed by atoms with Crippen LogP contribution in [0.3, 0.4) is 0 Å². The standard InChI is InChI=1S/C12H16N2O4S/c1-2-18-12(15)10(13)8-19-7-9-5-3-4-6-11(9)14(16)17/h3-6,10H,2,7-8,13H2,1H3. The van der Waals surface area contributed by atoms with Gasteiger partial charge in [0.15, 0.2) is 0 Å². The fraction of sp³-hybridized carbons (Fsp3) is 0.417. The highest BCUT2D eigenvalue weighted by atomic mass is 32.2. The Morgan fingerprint density at radius 3 is 2.84 bits per heavy atom. The maximum absolute atomic E-state index is 11.3. The Kier molecular flexibility index (Phi) is 6.31. The number of hydrogen-bond acceptors (Lipinski definition) is 6. The fourth-order valence-corrected chi connectivity index (χ4v) is 2.40. The van der Waals surface area contributed by atoms with E-state index in [4.69, 9.17) is 10.5 Å². The second kappa shape index (κ2) is 7.75. The fourth-order valence-electron chi connectivity index (χ4n) is 1.42. The summed E-state index contributed by atoms with van der Waals surface area (Å²) in [6, 6.07) is 5.82. The van der Waals surface area contributed by atoms with Crippen molar-refractivity contribution in [2.75, 3.05) is 12.4 Å². The zero-order valence-corrected chi connectivity index (χ0v) is 11.4. The minimum Gasteiger partial charge on any atom is -0.465 e. The molecule has 0 saturated heterocycles. The molecule has 1 rings (SSSR count). The number of thioether (sulfide) groups is 1. The first-order valence-corrected chi connectivity index (χ1v) is 6.94. The summed E-state index contributed by atoms with van der Waals surface area (Å²) in [4.78, 5) is 21.7. The third-order valence-electron chi connectivity index (χ3n) is 2.33. The van der Waals surface area contributed by atoms with Crippen LogP contribution in [0.25, 0.3) is 0 Å². The molecule has 0 aliphatic carbocycles. The van der Waals surface area contributed by atoms with Crippen molar-refractivity contribution in [2.45, 2.75) is 18.7 Å². The van der Waals surface area contributed by atoms with E-state index in [9.17, 15) is 14.9 Å². The maximum atomic E-state index is 11.3. The molecule has 1 aromatic carbocycles. The number of hydrogen-bond donors (Lipinski definition) is 1. The van der Waals surface area contributed by atoms with Gasteiger partial charge in [0.1, 0.15) is 6.04 Å². The molecule has 2 N–H and O–H groups in total. The summed E-state index contributed by atoms with van der Waals surface area (Å²) in [5.41, 5.74) is 6.34. The van der Waals surface area contributed by atoms with Gasteiger partial charge in [-0.25, -0.2) is 0 Å². The Hall–Kier alpha value is -1.60. The van der Waals surface area contributed by atoms with Gasteiger partial charge >= 0.3 is 5.97 Å². The Balaban J connectivity index is 2.49. The van der Waals surface area contributed by atoms with Crippen LogP contribution in [-0.2, 0) is 15.3 Å². The molecule has 0 aromatic heterocycles. The predicted octanol–water partition coefficient (Wildman–Crippen LogP) is 1.72. The number of para-hydroxylation sites is 1. The van der Waals surface area contributed by atoms with Gasteiger partial charge < -0.3 is 10.5 Å². The molecule has 0 saturated carbocycles. The number of nitrogens with two attached hydrogens (primary N) is 1. The van der Waals surface area contributed by atoms with Crippen LogP contribution in [0.1, 0.15) is 12.5 Å². The summed E-state index contributed by atoms with van der Waals surface area (Å²) in [5, 5.41) is 10.8. The molecule has 7 heteroatoms. The molecule has 0 spiro atoms. The molecule has 1 aromatic rings. The van der Waals surface area contributed by atoms with Crippen molar-refractivity contribution in [3.63, 3.8) is 0 Å². The van der Waals surface area contributed by atoms with Gasteiger partial charge in [0.05, 0.1) is 11.5 Å². The predicted molar refractivity (Wildman–Crippen MR) is 73.9 cm³/mol. The van der Waals surface area contributed by atoms with Crippen LogP contribution in [0.2, 0.25) is 0 Å². The monoisotopic (exact) mass is 284 g/mol. The lowest BCUT2D eigenvalue weighted by molar-refractivity contribution is -0.385. The molecule has 0 aliphatic heterocycles. The Bertz CT molecular complexity index is 453. The van der Waals surface area contributed by atoms with Crippen LogP contribution in [0, 0.1) is 10.1 Å². The number of nitrogens with zero attached hydrogens (tertiary/aromatic N) is 1. The van der Waals surface area contributed by atoms with Crippen molar-refractivity contribution in [3.8, 4) is 0 Å². The molecule has 0 heterocycles. The summed E-state index contributed by atoms with van der Waals surface area (Å²) in [6.45, 7) is 2.01. The van der Waals surface area contributed by atoms with Crippen LogP contribution >= 0.6 is 11.8 Å². The van der Waals surface area contributed by atoms with Crippen LogP contribution in [0.15, 0.2) is 24.3 Å². The molecule has 104 valence electrons. The number of nitro benzene ring substituents is 1.